The van der Waals surface area contributed by atoms with Gasteiger partial charge in [0, 0.05) is 18.7 Å². The Bertz CT molecular complexity index is 229. The van der Waals surface area contributed by atoms with Crippen molar-refractivity contribution in [1.82, 2.24) is 10.6 Å². The first-order valence-electron chi connectivity index (χ1n) is 8.49. The van der Waals surface area contributed by atoms with Crippen LogP contribution in [0.4, 0.5) is 0 Å². The summed E-state index contributed by atoms with van der Waals surface area (Å²) in [6.45, 7) is 2.75. The lowest BCUT2D eigenvalue weighted by molar-refractivity contribution is 0.214. The van der Waals surface area contributed by atoms with Crippen LogP contribution in [0.25, 0.3) is 0 Å². The minimum atomic E-state index is 0.353. The molecule has 3 nitrogen and oxygen atoms in total. The largest absolute Gasteiger partial charge is 0.396 e. The van der Waals surface area contributed by atoms with Gasteiger partial charge in [0.2, 0.25) is 0 Å². The zero-order valence-corrected chi connectivity index (χ0v) is 12.4. The SMILES string of the molecule is OCCCCCCNC1CCCCC1C1CCCN1. The normalized spacial score (nSPS) is 31.7. The average molecular weight is 268 g/mol. The zero-order valence-electron chi connectivity index (χ0n) is 12.4. The number of nitrogens with one attached hydrogen (secondary N) is 2. The van der Waals surface area contributed by atoms with Gasteiger partial charge < -0.3 is 15.7 Å². The monoisotopic (exact) mass is 268 g/mol. The van der Waals surface area contributed by atoms with Crippen molar-refractivity contribution in [3.05, 3.63) is 0 Å². The van der Waals surface area contributed by atoms with Crippen LogP contribution in [0.1, 0.15) is 64.2 Å². The number of aliphatic hydroxyl groups excluding tert-OH is 1. The van der Waals surface area contributed by atoms with Crippen LogP contribution in [-0.4, -0.2) is 36.9 Å². The second-order valence-electron chi connectivity index (χ2n) is 6.35. The zero-order chi connectivity index (χ0) is 13.3. The van der Waals surface area contributed by atoms with E-state index in [1.807, 2.05) is 0 Å². The highest BCUT2D eigenvalue weighted by Crippen LogP contribution is 2.30. The predicted molar refractivity (Wildman–Crippen MR) is 80.3 cm³/mol. The van der Waals surface area contributed by atoms with Crippen molar-refractivity contribution in [2.24, 2.45) is 5.92 Å². The molecule has 1 heterocycles. The van der Waals surface area contributed by atoms with Crippen molar-refractivity contribution in [3.8, 4) is 0 Å². The molecular weight excluding hydrogens is 236 g/mol. The van der Waals surface area contributed by atoms with Crippen LogP contribution < -0.4 is 10.6 Å². The highest BCUT2D eigenvalue weighted by atomic mass is 16.2. The van der Waals surface area contributed by atoms with Crippen LogP contribution in [0.2, 0.25) is 0 Å². The quantitative estimate of drug-likeness (QED) is 0.593. The van der Waals surface area contributed by atoms with E-state index in [9.17, 15) is 0 Å². The van der Waals surface area contributed by atoms with E-state index in [1.165, 1.54) is 70.9 Å². The van der Waals surface area contributed by atoms with Gasteiger partial charge in [0.15, 0.2) is 0 Å². The van der Waals surface area contributed by atoms with Gasteiger partial charge in [0.05, 0.1) is 0 Å². The standard InChI is InChI=1S/C16H32N2O/c19-13-6-2-1-5-11-17-15-9-4-3-8-14(15)16-10-7-12-18-16/h14-19H,1-13H2. The lowest BCUT2D eigenvalue weighted by Crippen LogP contribution is -2.47. The third kappa shape index (κ3) is 5.05. The van der Waals surface area contributed by atoms with Gasteiger partial charge in [0.25, 0.3) is 0 Å². The molecule has 3 unspecified atom stereocenters. The Morgan fingerprint density at radius 2 is 1.79 bits per heavy atom. The molecule has 0 spiro atoms. The molecule has 19 heavy (non-hydrogen) atoms. The molecule has 112 valence electrons. The van der Waals surface area contributed by atoms with E-state index >= 15 is 0 Å². The molecule has 1 saturated heterocycles. The molecule has 2 aliphatic rings. The fourth-order valence-electron chi connectivity index (χ4n) is 3.85. The molecule has 3 heteroatoms. The molecule has 0 aromatic rings. The average Bonchev–Trinajstić information content (AvgIpc) is 2.97. The summed E-state index contributed by atoms with van der Waals surface area (Å²) in [6, 6.07) is 1.54. The van der Waals surface area contributed by atoms with Gasteiger partial charge in [-0.2, -0.15) is 0 Å². The van der Waals surface area contributed by atoms with Gasteiger partial charge in [-0.1, -0.05) is 25.7 Å². The molecule has 2 rings (SSSR count). The van der Waals surface area contributed by atoms with Crippen LogP contribution in [0.15, 0.2) is 0 Å². The maximum absolute atomic E-state index is 8.76. The van der Waals surface area contributed by atoms with Gasteiger partial charge >= 0.3 is 0 Å². The Morgan fingerprint density at radius 3 is 2.58 bits per heavy atom. The number of hydrogen-bond donors (Lipinski definition) is 3. The first-order valence-corrected chi connectivity index (χ1v) is 8.49. The summed E-state index contributed by atoms with van der Waals surface area (Å²) in [5.74, 6) is 0.869. The van der Waals surface area contributed by atoms with E-state index in [0.717, 1.165) is 24.4 Å². The molecule has 0 aromatic carbocycles. The number of hydrogen-bond acceptors (Lipinski definition) is 3. The molecular formula is C16H32N2O. The molecule has 2 fully saturated rings. The first-order chi connectivity index (χ1) is 9.42. The second kappa shape index (κ2) is 8.93. The van der Waals surface area contributed by atoms with Gasteiger partial charge in [-0.3, -0.25) is 0 Å². The van der Waals surface area contributed by atoms with Crippen molar-refractivity contribution in [2.75, 3.05) is 19.7 Å². The summed E-state index contributed by atoms with van der Waals surface area (Å²) in [5.41, 5.74) is 0. The van der Waals surface area contributed by atoms with Crippen molar-refractivity contribution >= 4 is 0 Å². The molecule has 0 aromatic heterocycles. The van der Waals surface area contributed by atoms with E-state index in [4.69, 9.17) is 5.11 Å². The maximum atomic E-state index is 8.76. The fourth-order valence-corrected chi connectivity index (χ4v) is 3.85. The third-order valence-electron chi connectivity index (χ3n) is 4.93. The number of unbranched alkanes of at least 4 members (excludes halogenated alkanes) is 3. The smallest absolute Gasteiger partial charge is 0.0431 e. The highest BCUT2D eigenvalue weighted by molar-refractivity contribution is 4.91. The van der Waals surface area contributed by atoms with Crippen molar-refractivity contribution in [1.29, 1.82) is 0 Å². The fraction of sp³-hybridized carbons (Fsp3) is 1.00. The van der Waals surface area contributed by atoms with E-state index in [-0.39, 0.29) is 0 Å². The Balaban J connectivity index is 1.64. The lowest BCUT2D eigenvalue weighted by atomic mass is 9.79. The van der Waals surface area contributed by atoms with Crippen LogP contribution in [0.5, 0.6) is 0 Å². The van der Waals surface area contributed by atoms with Crippen LogP contribution >= 0.6 is 0 Å². The Hall–Kier alpha value is -0.120. The van der Waals surface area contributed by atoms with Gasteiger partial charge in [-0.05, 0) is 57.5 Å². The number of aliphatic hydroxyl groups is 1. The molecule has 3 atom stereocenters. The topological polar surface area (TPSA) is 44.3 Å². The molecule has 3 N–H and O–H groups in total. The van der Waals surface area contributed by atoms with Gasteiger partial charge in [0.1, 0.15) is 0 Å². The summed E-state index contributed by atoms with van der Waals surface area (Å²) in [5, 5.41) is 16.3. The minimum absolute atomic E-state index is 0.353. The van der Waals surface area contributed by atoms with Crippen molar-refractivity contribution in [3.63, 3.8) is 0 Å². The van der Waals surface area contributed by atoms with Crippen molar-refractivity contribution in [2.45, 2.75) is 76.3 Å². The molecule has 1 aliphatic heterocycles. The Morgan fingerprint density at radius 1 is 0.947 bits per heavy atom. The minimum Gasteiger partial charge on any atom is -0.396 e. The first kappa shape index (κ1) is 15.3. The maximum Gasteiger partial charge on any atom is 0.0431 e. The molecule has 0 amide bonds. The second-order valence-corrected chi connectivity index (χ2v) is 6.35. The highest BCUT2D eigenvalue weighted by Gasteiger charge is 2.32. The van der Waals surface area contributed by atoms with Gasteiger partial charge in [-0.15, -0.1) is 0 Å². The van der Waals surface area contributed by atoms with Crippen LogP contribution in [-0.2, 0) is 0 Å². The molecule has 1 aliphatic carbocycles. The van der Waals surface area contributed by atoms with Crippen LogP contribution in [0, 0.1) is 5.92 Å². The van der Waals surface area contributed by atoms with E-state index < -0.39 is 0 Å². The lowest BCUT2D eigenvalue weighted by Gasteiger charge is -2.36. The summed E-state index contributed by atoms with van der Waals surface area (Å²) in [6.07, 6.45) is 13.1. The molecule has 0 bridgehead atoms. The van der Waals surface area contributed by atoms with Crippen molar-refractivity contribution < 1.29 is 5.11 Å². The Labute approximate surface area is 118 Å². The summed E-state index contributed by atoms with van der Waals surface area (Å²) in [7, 11) is 0. The summed E-state index contributed by atoms with van der Waals surface area (Å²) >= 11 is 0. The van der Waals surface area contributed by atoms with E-state index in [0.29, 0.717) is 6.61 Å². The summed E-state index contributed by atoms with van der Waals surface area (Å²) in [4.78, 5) is 0. The molecule has 0 radical (unpaired) electrons. The number of rotatable bonds is 8. The predicted octanol–water partition coefficient (Wildman–Crippen LogP) is 2.44. The summed E-state index contributed by atoms with van der Waals surface area (Å²) < 4.78 is 0. The molecule has 1 saturated carbocycles. The van der Waals surface area contributed by atoms with E-state index in [1.54, 1.807) is 0 Å². The van der Waals surface area contributed by atoms with Crippen LogP contribution in [0.3, 0.4) is 0 Å². The van der Waals surface area contributed by atoms with Gasteiger partial charge in [-0.25, -0.2) is 0 Å². The van der Waals surface area contributed by atoms with E-state index in [2.05, 4.69) is 10.6 Å². The third-order valence-corrected chi connectivity index (χ3v) is 4.93. The Kier molecular flexibility index (Phi) is 7.18.